The minimum Gasteiger partial charge on any atom is -0.345 e. The van der Waals surface area contributed by atoms with E-state index in [1.807, 2.05) is 0 Å². The van der Waals surface area contributed by atoms with Crippen LogP contribution in [0.3, 0.4) is 0 Å². The normalized spacial score (nSPS) is 11.9. The first kappa shape index (κ1) is 17.0. The van der Waals surface area contributed by atoms with Crippen molar-refractivity contribution in [2.24, 2.45) is 0 Å². The molecule has 0 bridgehead atoms. The maximum absolute atomic E-state index is 3.61. The summed E-state index contributed by atoms with van der Waals surface area (Å²) in [5.41, 5.74) is 2.75. The van der Waals surface area contributed by atoms with Gasteiger partial charge in [0.2, 0.25) is 0 Å². The molecule has 0 spiro atoms. The second kappa shape index (κ2) is 8.35. The molecule has 1 heterocycles. The second-order valence-electron chi connectivity index (χ2n) is 6.23. The zero-order chi connectivity index (χ0) is 15.9. The zero-order valence-corrected chi connectivity index (χ0v) is 14.6. The Kier molecular flexibility index (Phi) is 6.47. The van der Waals surface area contributed by atoms with E-state index in [-0.39, 0.29) is 0 Å². The Balaban J connectivity index is 1.92. The van der Waals surface area contributed by atoms with Gasteiger partial charge in [0.05, 0.1) is 0 Å². The summed E-state index contributed by atoms with van der Waals surface area (Å²) in [5.74, 6) is 0. The molecule has 3 nitrogen and oxygen atoms in total. The first-order chi connectivity index (χ1) is 10.7. The Labute approximate surface area is 135 Å². The number of benzene rings is 1. The summed E-state index contributed by atoms with van der Waals surface area (Å²) in [6, 6.07) is 9.22. The van der Waals surface area contributed by atoms with Crippen LogP contribution in [-0.2, 0) is 6.54 Å². The van der Waals surface area contributed by atoms with Crippen LogP contribution in [0.1, 0.15) is 45.7 Å². The first-order valence-corrected chi connectivity index (χ1v) is 8.68. The monoisotopic (exact) mass is 301 g/mol. The summed E-state index contributed by atoms with van der Waals surface area (Å²) in [4.78, 5) is 2.48. The molecule has 0 unspecified atom stereocenters. The van der Waals surface area contributed by atoms with Gasteiger partial charge in [0, 0.05) is 29.7 Å². The van der Waals surface area contributed by atoms with Crippen molar-refractivity contribution in [1.29, 1.82) is 0 Å². The summed E-state index contributed by atoms with van der Waals surface area (Å²) in [7, 11) is 0. The third-order valence-electron chi connectivity index (χ3n) is 4.42. The third kappa shape index (κ3) is 4.11. The molecule has 0 amide bonds. The molecule has 0 radical (unpaired) electrons. The van der Waals surface area contributed by atoms with Crippen LogP contribution in [0.5, 0.6) is 0 Å². The predicted octanol–water partition coefficient (Wildman–Crippen LogP) is 4.04. The molecule has 0 aliphatic carbocycles. The van der Waals surface area contributed by atoms with Crippen LogP contribution in [0.25, 0.3) is 10.9 Å². The average molecular weight is 301 g/mol. The maximum atomic E-state index is 3.61. The van der Waals surface area contributed by atoms with E-state index >= 15 is 0 Å². The fourth-order valence-corrected chi connectivity index (χ4v) is 3.04. The fourth-order valence-electron chi connectivity index (χ4n) is 3.04. The van der Waals surface area contributed by atoms with E-state index in [1.54, 1.807) is 0 Å². The highest BCUT2D eigenvalue weighted by Crippen LogP contribution is 2.24. The van der Waals surface area contributed by atoms with Gasteiger partial charge in [0.25, 0.3) is 0 Å². The van der Waals surface area contributed by atoms with Gasteiger partial charge in [-0.3, -0.25) is 0 Å². The standard InChI is InChI=1S/C19H31N3/c1-5-21(6-2)13-9-12-20-14-17-15-22(16(3)4)19-11-8-7-10-18(17)19/h7-8,10-11,15-16,20H,5-6,9,12-14H2,1-4H3. The molecule has 22 heavy (non-hydrogen) atoms. The van der Waals surface area contributed by atoms with Crippen molar-refractivity contribution >= 4 is 10.9 Å². The van der Waals surface area contributed by atoms with E-state index in [0.29, 0.717) is 6.04 Å². The van der Waals surface area contributed by atoms with E-state index in [9.17, 15) is 0 Å². The zero-order valence-electron chi connectivity index (χ0n) is 14.6. The molecule has 0 fully saturated rings. The number of hydrogen-bond donors (Lipinski definition) is 1. The third-order valence-corrected chi connectivity index (χ3v) is 4.42. The Bertz CT molecular complexity index is 567. The minimum absolute atomic E-state index is 0.501. The number of nitrogens with zero attached hydrogens (tertiary/aromatic N) is 2. The summed E-state index contributed by atoms with van der Waals surface area (Å²) < 4.78 is 2.38. The number of hydrogen-bond acceptors (Lipinski definition) is 2. The largest absolute Gasteiger partial charge is 0.345 e. The summed E-state index contributed by atoms with van der Waals surface area (Å²) >= 11 is 0. The van der Waals surface area contributed by atoms with Gasteiger partial charge in [-0.1, -0.05) is 32.0 Å². The van der Waals surface area contributed by atoms with Crippen molar-refractivity contribution in [3.63, 3.8) is 0 Å². The van der Waals surface area contributed by atoms with Gasteiger partial charge in [-0.05, 0) is 58.1 Å². The number of para-hydroxylation sites is 1. The smallest absolute Gasteiger partial charge is 0.0486 e. The number of aromatic nitrogens is 1. The molecule has 0 aliphatic heterocycles. The maximum Gasteiger partial charge on any atom is 0.0486 e. The first-order valence-electron chi connectivity index (χ1n) is 8.68. The van der Waals surface area contributed by atoms with Crippen LogP contribution in [0, 0.1) is 0 Å². The molecule has 2 rings (SSSR count). The van der Waals surface area contributed by atoms with Crippen molar-refractivity contribution < 1.29 is 0 Å². The van der Waals surface area contributed by atoms with Crippen molar-refractivity contribution in [3.8, 4) is 0 Å². The van der Waals surface area contributed by atoms with E-state index in [0.717, 1.165) is 26.2 Å². The Hall–Kier alpha value is -1.32. The van der Waals surface area contributed by atoms with Gasteiger partial charge in [0.1, 0.15) is 0 Å². The SMILES string of the molecule is CCN(CC)CCCNCc1cn(C(C)C)c2ccccc12. The molecule has 1 aromatic carbocycles. The average Bonchev–Trinajstić information content (AvgIpc) is 2.90. The molecule has 0 aliphatic rings. The van der Waals surface area contributed by atoms with Crippen molar-refractivity contribution in [1.82, 2.24) is 14.8 Å². The topological polar surface area (TPSA) is 20.2 Å². The lowest BCUT2D eigenvalue weighted by atomic mass is 10.2. The quantitative estimate of drug-likeness (QED) is 0.705. The molecular formula is C19H31N3. The van der Waals surface area contributed by atoms with E-state index < -0.39 is 0 Å². The molecule has 122 valence electrons. The highest BCUT2D eigenvalue weighted by Gasteiger charge is 2.09. The lowest BCUT2D eigenvalue weighted by molar-refractivity contribution is 0.298. The summed E-state index contributed by atoms with van der Waals surface area (Å²) in [6.07, 6.45) is 3.53. The Morgan fingerprint density at radius 1 is 1.14 bits per heavy atom. The van der Waals surface area contributed by atoms with E-state index in [1.165, 1.54) is 29.4 Å². The molecular weight excluding hydrogens is 270 g/mol. The van der Waals surface area contributed by atoms with Gasteiger partial charge >= 0.3 is 0 Å². The fraction of sp³-hybridized carbons (Fsp3) is 0.579. The molecule has 3 heteroatoms. The molecule has 1 N–H and O–H groups in total. The molecule has 0 saturated carbocycles. The lowest BCUT2D eigenvalue weighted by Crippen LogP contribution is -2.27. The van der Waals surface area contributed by atoms with Gasteiger partial charge in [-0.15, -0.1) is 0 Å². The van der Waals surface area contributed by atoms with Crippen molar-refractivity contribution in [2.75, 3.05) is 26.2 Å². The van der Waals surface area contributed by atoms with Crippen LogP contribution >= 0.6 is 0 Å². The van der Waals surface area contributed by atoms with Crippen LogP contribution in [0.15, 0.2) is 30.5 Å². The predicted molar refractivity (Wildman–Crippen MR) is 96.4 cm³/mol. The van der Waals surface area contributed by atoms with Gasteiger partial charge < -0.3 is 14.8 Å². The van der Waals surface area contributed by atoms with Crippen molar-refractivity contribution in [3.05, 3.63) is 36.0 Å². The molecule has 2 aromatic rings. The Morgan fingerprint density at radius 3 is 2.55 bits per heavy atom. The van der Waals surface area contributed by atoms with E-state index in [2.05, 4.69) is 72.9 Å². The highest BCUT2D eigenvalue weighted by atomic mass is 15.1. The van der Waals surface area contributed by atoms with Crippen molar-refractivity contribution in [2.45, 2.75) is 46.7 Å². The minimum atomic E-state index is 0.501. The van der Waals surface area contributed by atoms with Crippen LogP contribution in [-0.4, -0.2) is 35.6 Å². The summed E-state index contributed by atoms with van der Waals surface area (Å²) in [5, 5.41) is 4.99. The van der Waals surface area contributed by atoms with Crippen LogP contribution in [0.4, 0.5) is 0 Å². The second-order valence-corrected chi connectivity index (χ2v) is 6.23. The highest BCUT2D eigenvalue weighted by molar-refractivity contribution is 5.84. The summed E-state index contributed by atoms with van der Waals surface area (Å²) in [6.45, 7) is 14.5. The molecule has 0 saturated heterocycles. The number of fused-ring (bicyclic) bond motifs is 1. The number of nitrogens with one attached hydrogen (secondary N) is 1. The molecule has 1 aromatic heterocycles. The Morgan fingerprint density at radius 2 is 1.86 bits per heavy atom. The van der Waals surface area contributed by atoms with Gasteiger partial charge in [0.15, 0.2) is 0 Å². The van der Waals surface area contributed by atoms with Gasteiger partial charge in [-0.25, -0.2) is 0 Å². The van der Waals surface area contributed by atoms with E-state index in [4.69, 9.17) is 0 Å². The van der Waals surface area contributed by atoms with Gasteiger partial charge in [-0.2, -0.15) is 0 Å². The molecule has 0 atom stereocenters. The van der Waals surface area contributed by atoms with Crippen LogP contribution < -0.4 is 5.32 Å². The van der Waals surface area contributed by atoms with Crippen LogP contribution in [0.2, 0.25) is 0 Å². The lowest BCUT2D eigenvalue weighted by Gasteiger charge is -2.17. The number of rotatable bonds is 9.